The molecule has 1 aromatic carbocycles. The Morgan fingerprint density at radius 3 is 2.67 bits per heavy atom. The molecule has 10 heteroatoms. The number of aromatic nitrogens is 1. The van der Waals surface area contributed by atoms with Crippen LogP contribution in [0.4, 0.5) is 5.82 Å². The molecule has 0 spiro atoms. The monoisotopic (exact) mass is 592 g/mol. The minimum atomic E-state index is -1.29. The summed E-state index contributed by atoms with van der Waals surface area (Å²) < 4.78 is 23.4. The molecule has 1 aromatic heterocycles. The number of carboxylic acids is 1. The Labute approximate surface area is 250 Å². The molecule has 1 aliphatic heterocycles. The maximum Gasteiger partial charge on any atom is 0.342 e. The van der Waals surface area contributed by atoms with Crippen LogP contribution in [0.2, 0.25) is 0 Å². The van der Waals surface area contributed by atoms with Crippen LogP contribution in [0.1, 0.15) is 43.2 Å². The minimum Gasteiger partial charge on any atom is -0.488 e. The van der Waals surface area contributed by atoms with E-state index >= 15 is 0 Å². The molecule has 0 saturated heterocycles. The maximum absolute atomic E-state index is 11.7. The van der Waals surface area contributed by atoms with Gasteiger partial charge in [0, 0.05) is 53.7 Å². The molecule has 0 radical (unpaired) electrons. The second kappa shape index (κ2) is 15.3. The van der Waals surface area contributed by atoms with Gasteiger partial charge in [0.15, 0.2) is 0 Å². The summed E-state index contributed by atoms with van der Waals surface area (Å²) in [6.45, 7) is 16.1. The standard InChI is InChI=1S/C32H40N4O5S/c1-7-26(28-10-9-11-29(34-28)35-31(40-8-2)27(17-33)32(37)38)30(21(3)4)41-19-23-12-13-25-18-36(15-14-24(25)16-23)22(5)20-42(6)39/h7,9-13,16-17,22,33H,1,3,8,14-15,18-20H2,2,4-6H3,(H,34,35)(H,37,38)/b30-26-,31-27-,33-17?. The number of rotatable bonds is 15. The number of hydrogen-bond donors (Lipinski definition) is 3. The number of nitrogens with zero attached hydrogens (tertiary/aromatic N) is 2. The van der Waals surface area contributed by atoms with Crippen LogP contribution in [0.3, 0.4) is 0 Å². The second-order valence-corrected chi connectivity index (χ2v) is 11.6. The third kappa shape index (κ3) is 8.50. The Balaban J connectivity index is 1.83. The van der Waals surface area contributed by atoms with Crippen LogP contribution in [0.15, 0.2) is 78.4 Å². The largest absolute Gasteiger partial charge is 0.488 e. The van der Waals surface area contributed by atoms with Crippen LogP contribution in [-0.4, -0.2) is 62.6 Å². The van der Waals surface area contributed by atoms with Gasteiger partial charge < -0.3 is 25.3 Å². The van der Waals surface area contributed by atoms with Crippen LogP contribution in [0.5, 0.6) is 0 Å². The number of anilines is 1. The number of ether oxygens (including phenoxy) is 2. The van der Waals surface area contributed by atoms with E-state index in [1.54, 1.807) is 37.5 Å². The number of carboxylic acid groups (broad SMARTS) is 1. The van der Waals surface area contributed by atoms with Crippen molar-refractivity contribution in [2.45, 2.75) is 46.4 Å². The van der Waals surface area contributed by atoms with Crippen molar-refractivity contribution >= 4 is 34.4 Å². The van der Waals surface area contributed by atoms with E-state index in [9.17, 15) is 14.1 Å². The first-order valence-corrected chi connectivity index (χ1v) is 15.5. The van der Waals surface area contributed by atoms with Crippen LogP contribution in [0, 0.1) is 5.41 Å². The van der Waals surface area contributed by atoms with Gasteiger partial charge in [0.2, 0.25) is 5.88 Å². The highest BCUT2D eigenvalue weighted by atomic mass is 32.2. The van der Waals surface area contributed by atoms with Gasteiger partial charge in [0.1, 0.15) is 23.8 Å². The molecule has 2 heterocycles. The molecule has 2 aromatic rings. The van der Waals surface area contributed by atoms with E-state index in [0.717, 1.165) is 31.3 Å². The molecule has 0 amide bonds. The highest BCUT2D eigenvalue weighted by Crippen LogP contribution is 2.28. The van der Waals surface area contributed by atoms with Gasteiger partial charge in [0.05, 0.1) is 12.3 Å². The van der Waals surface area contributed by atoms with Crippen molar-refractivity contribution in [3.8, 4) is 0 Å². The minimum absolute atomic E-state index is 0.0736. The number of allylic oxidation sites excluding steroid dienone is 3. The molecule has 0 saturated carbocycles. The van der Waals surface area contributed by atoms with Gasteiger partial charge >= 0.3 is 5.97 Å². The lowest BCUT2D eigenvalue weighted by atomic mass is 9.96. The smallest absolute Gasteiger partial charge is 0.342 e. The van der Waals surface area contributed by atoms with E-state index < -0.39 is 16.8 Å². The van der Waals surface area contributed by atoms with Crippen molar-refractivity contribution in [1.82, 2.24) is 9.88 Å². The Kier molecular flexibility index (Phi) is 11.8. The normalized spacial score (nSPS) is 15.7. The van der Waals surface area contributed by atoms with Crippen molar-refractivity contribution in [3.63, 3.8) is 0 Å². The maximum atomic E-state index is 11.7. The van der Waals surface area contributed by atoms with Gasteiger partial charge in [-0.2, -0.15) is 0 Å². The van der Waals surface area contributed by atoms with E-state index in [1.807, 2.05) is 6.92 Å². The highest BCUT2D eigenvalue weighted by molar-refractivity contribution is 7.84. The number of pyridine rings is 1. The third-order valence-corrected chi connectivity index (χ3v) is 7.76. The van der Waals surface area contributed by atoms with Crippen LogP contribution >= 0.6 is 0 Å². The molecule has 3 N–H and O–H groups in total. The molecular formula is C32H40N4O5S. The van der Waals surface area contributed by atoms with Crippen molar-refractivity contribution in [2.24, 2.45) is 0 Å². The second-order valence-electron chi connectivity index (χ2n) is 10.1. The Morgan fingerprint density at radius 1 is 1.29 bits per heavy atom. The van der Waals surface area contributed by atoms with Gasteiger partial charge in [-0.1, -0.05) is 43.5 Å². The van der Waals surface area contributed by atoms with Crippen molar-refractivity contribution in [1.29, 1.82) is 5.41 Å². The zero-order valence-corrected chi connectivity index (χ0v) is 25.6. The molecule has 224 valence electrons. The summed E-state index contributed by atoms with van der Waals surface area (Å²) in [5.41, 5.74) is 5.18. The molecule has 0 aliphatic carbocycles. The van der Waals surface area contributed by atoms with Crippen LogP contribution < -0.4 is 5.32 Å². The van der Waals surface area contributed by atoms with Gasteiger partial charge in [-0.25, -0.2) is 9.78 Å². The summed E-state index contributed by atoms with van der Waals surface area (Å²) in [4.78, 5) is 18.6. The Morgan fingerprint density at radius 2 is 2.05 bits per heavy atom. The lowest BCUT2D eigenvalue weighted by Crippen LogP contribution is -2.40. The average molecular weight is 593 g/mol. The third-order valence-electron chi connectivity index (χ3n) is 6.81. The SMILES string of the molecule is C=C/C(=C(/OCc1ccc2c(c1)CCN(C(C)CS(C)=O)C2)C(=C)C)c1cccc(N/C(OCC)=C(\C=N)C(=O)O)n1. The molecule has 0 bridgehead atoms. The number of benzene rings is 1. The van der Waals surface area contributed by atoms with Crippen LogP contribution in [0.25, 0.3) is 5.57 Å². The van der Waals surface area contributed by atoms with E-state index in [4.69, 9.17) is 14.9 Å². The highest BCUT2D eigenvalue weighted by Gasteiger charge is 2.22. The van der Waals surface area contributed by atoms with Crippen molar-refractivity contribution in [2.75, 3.05) is 30.5 Å². The van der Waals surface area contributed by atoms with Gasteiger partial charge in [-0.15, -0.1) is 0 Å². The Hall–Kier alpha value is -4.02. The first kappa shape index (κ1) is 32.5. The first-order chi connectivity index (χ1) is 20.1. The zero-order chi connectivity index (χ0) is 30.8. The van der Waals surface area contributed by atoms with E-state index in [2.05, 4.69) is 53.5 Å². The molecular weight excluding hydrogens is 552 g/mol. The molecule has 3 rings (SSSR count). The molecule has 2 atom stereocenters. The predicted octanol–water partition coefficient (Wildman–Crippen LogP) is 5.29. The topological polar surface area (TPSA) is 125 Å². The summed E-state index contributed by atoms with van der Waals surface area (Å²) in [6, 6.07) is 11.9. The van der Waals surface area contributed by atoms with E-state index in [0.29, 0.717) is 40.8 Å². The van der Waals surface area contributed by atoms with Crippen molar-refractivity contribution < 1.29 is 23.6 Å². The summed E-state index contributed by atoms with van der Waals surface area (Å²) in [5.74, 6) is 0.195. The number of nitrogens with one attached hydrogen (secondary N) is 2. The lowest BCUT2D eigenvalue weighted by molar-refractivity contribution is -0.132. The summed E-state index contributed by atoms with van der Waals surface area (Å²) in [7, 11) is -0.820. The van der Waals surface area contributed by atoms with Gasteiger partial charge in [0.25, 0.3) is 0 Å². The summed E-state index contributed by atoms with van der Waals surface area (Å²) >= 11 is 0. The predicted molar refractivity (Wildman–Crippen MR) is 169 cm³/mol. The number of carbonyl (C=O) groups is 1. The number of hydrogen-bond acceptors (Lipinski definition) is 8. The summed E-state index contributed by atoms with van der Waals surface area (Å²) in [6.07, 6.45) is 5.05. The number of aliphatic carboxylic acids is 1. The van der Waals surface area contributed by atoms with E-state index in [1.165, 1.54) is 11.1 Å². The van der Waals surface area contributed by atoms with Crippen LogP contribution in [-0.2, 0) is 44.6 Å². The fourth-order valence-electron chi connectivity index (χ4n) is 4.76. The molecule has 42 heavy (non-hydrogen) atoms. The molecule has 1 aliphatic rings. The van der Waals surface area contributed by atoms with Gasteiger partial charge in [-0.05, 0) is 61.6 Å². The van der Waals surface area contributed by atoms with E-state index in [-0.39, 0.29) is 24.1 Å². The summed E-state index contributed by atoms with van der Waals surface area (Å²) in [5, 5.41) is 19.8. The lowest BCUT2D eigenvalue weighted by Gasteiger charge is -2.33. The quantitative estimate of drug-likeness (QED) is 0.110. The molecule has 9 nitrogen and oxygen atoms in total. The average Bonchev–Trinajstić information content (AvgIpc) is 2.94. The first-order valence-electron chi connectivity index (χ1n) is 13.7. The fraction of sp³-hybridized carbons (Fsp3) is 0.344. The number of fused-ring (bicyclic) bond motifs is 1. The Bertz CT molecular complexity index is 1430. The fourth-order valence-corrected chi connectivity index (χ4v) is 5.65. The van der Waals surface area contributed by atoms with Gasteiger partial charge in [-0.3, -0.25) is 9.11 Å². The molecule has 2 unspecified atom stereocenters. The van der Waals surface area contributed by atoms with Crippen molar-refractivity contribution in [3.05, 3.63) is 101 Å². The zero-order valence-electron chi connectivity index (χ0n) is 24.7. The molecule has 0 fully saturated rings.